The van der Waals surface area contributed by atoms with E-state index in [-0.39, 0.29) is 18.0 Å². The van der Waals surface area contributed by atoms with Crippen molar-refractivity contribution >= 4 is 45.1 Å². The molecule has 2 aromatic heterocycles. The van der Waals surface area contributed by atoms with Crippen molar-refractivity contribution in [1.82, 2.24) is 10.6 Å². The van der Waals surface area contributed by atoms with Crippen LogP contribution in [0, 0.1) is 19.8 Å². The first-order chi connectivity index (χ1) is 34.5. The highest BCUT2D eigenvalue weighted by Gasteiger charge is 2.18. The van der Waals surface area contributed by atoms with Gasteiger partial charge < -0.3 is 49.0 Å². The standard InChI is InChI=1S/C58H70N4O10/c1-35(2)13-15-42-30-46(56(64)62-48-32-44-18-22-50(40(9)54(44)72-58(48)66)69-28-12-26-60-37(5)6)20-24-52(42)70-34-38(7)14-16-41-29-45(19-23-51(41)67-10)55(63)61-47-31-43-17-21-49(39(8)53(43)71-57(47)65)68-27-11-25-59-33-36(3)4/h13-14,17-24,29-32,36-37,59-60H,11-12,15-16,25-28,33-34H2,1-10H3,(H,61,63)(H,62,64). The average Bonchev–Trinajstić information content (AvgIpc) is 3.34. The Morgan fingerprint density at radius 2 is 1.12 bits per heavy atom. The Balaban J connectivity index is 1.09. The summed E-state index contributed by atoms with van der Waals surface area (Å²) in [6.07, 6.45) is 6.65. The summed E-state index contributed by atoms with van der Waals surface area (Å²) in [5, 5.41) is 13.6. The smallest absolute Gasteiger partial charge is 0.360 e. The van der Waals surface area contributed by atoms with Crippen molar-refractivity contribution in [1.29, 1.82) is 0 Å². The molecular formula is C58H70N4O10. The third-order valence-electron chi connectivity index (χ3n) is 11.9. The summed E-state index contributed by atoms with van der Waals surface area (Å²) in [5.74, 6) is 2.11. The van der Waals surface area contributed by atoms with Crippen LogP contribution in [0.4, 0.5) is 11.4 Å². The summed E-state index contributed by atoms with van der Waals surface area (Å²) in [6.45, 7) is 22.1. The molecule has 0 spiro atoms. The number of nitrogens with one attached hydrogen (secondary N) is 4. The Morgan fingerprint density at radius 1 is 0.625 bits per heavy atom. The minimum atomic E-state index is -0.671. The van der Waals surface area contributed by atoms with Crippen LogP contribution >= 0.6 is 0 Å². The van der Waals surface area contributed by atoms with Gasteiger partial charge in [0.1, 0.15) is 52.1 Å². The molecule has 0 saturated carbocycles. The second-order valence-electron chi connectivity index (χ2n) is 19.0. The molecule has 0 aliphatic carbocycles. The summed E-state index contributed by atoms with van der Waals surface area (Å²) >= 11 is 0. The molecule has 6 rings (SSSR count). The van der Waals surface area contributed by atoms with Crippen molar-refractivity contribution in [2.24, 2.45) is 5.92 Å². The minimum absolute atomic E-state index is 0.0220. The molecule has 0 aliphatic heterocycles. The molecule has 6 aromatic rings. The van der Waals surface area contributed by atoms with Crippen LogP contribution in [0.25, 0.3) is 21.9 Å². The zero-order valence-corrected chi connectivity index (χ0v) is 43.4. The number of aryl methyl sites for hydroxylation is 2. The van der Waals surface area contributed by atoms with Gasteiger partial charge in [-0.1, -0.05) is 45.4 Å². The number of amides is 2. The maximum absolute atomic E-state index is 13.6. The van der Waals surface area contributed by atoms with E-state index in [9.17, 15) is 19.2 Å². The van der Waals surface area contributed by atoms with E-state index in [1.165, 1.54) is 0 Å². The lowest BCUT2D eigenvalue weighted by molar-refractivity contribution is 0.101. The van der Waals surface area contributed by atoms with Gasteiger partial charge in [-0.15, -0.1) is 0 Å². The van der Waals surface area contributed by atoms with E-state index in [1.54, 1.807) is 55.6 Å². The van der Waals surface area contributed by atoms with E-state index >= 15 is 0 Å². The van der Waals surface area contributed by atoms with Crippen LogP contribution in [0.15, 0.2) is 115 Å². The number of allylic oxidation sites excluding steroid dienone is 3. The predicted molar refractivity (Wildman–Crippen MR) is 287 cm³/mol. The van der Waals surface area contributed by atoms with E-state index < -0.39 is 23.1 Å². The number of methoxy groups -OCH3 is 1. The summed E-state index contributed by atoms with van der Waals surface area (Å²) in [4.78, 5) is 53.6. The highest BCUT2D eigenvalue weighted by Crippen LogP contribution is 2.31. The van der Waals surface area contributed by atoms with Crippen LogP contribution < -0.4 is 51.5 Å². The molecule has 0 unspecified atom stereocenters. The van der Waals surface area contributed by atoms with Gasteiger partial charge in [-0.2, -0.15) is 0 Å². The monoisotopic (exact) mass is 983 g/mol. The highest BCUT2D eigenvalue weighted by molar-refractivity contribution is 6.06. The van der Waals surface area contributed by atoms with Gasteiger partial charge >= 0.3 is 11.3 Å². The van der Waals surface area contributed by atoms with Crippen molar-refractivity contribution in [3.05, 3.63) is 150 Å². The van der Waals surface area contributed by atoms with Crippen LogP contribution in [0.2, 0.25) is 0 Å². The van der Waals surface area contributed by atoms with Gasteiger partial charge in [0.2, 0.25) is 0 Å². The number of ether oxygens (including phenoxy) is 4. The van der Waals surface area contributed by atoms with Crippen LogP contribution in [-0.4, -0.2) is 64.4 Å². The summed E-state index contributed by atoms with van der Waals surface area (Å²) in [5.41, 5.74) is 5.18. The van der Waals surface area contributed by atoms with Gasteiger partial charge in [-0.05, 0) is 175 Å². The van der Waals surface area contributed by atoms with Crippen LogP contribution in [0.1, 0.15) is 104 Å². The molecule has 4 aromatic carbocycles. The first-order valence-corrected chi connectivity index (χ1v) is 24.7. The number of fused-ring (bicyclic) bond motifs is 2. The van der Waals surface area contributed by atoms with Gasteiger partial charge in [-0.25, -0.2) is 9.59 Å². The fourth-order valence-electron chi connectivity index (χ4n) is 7.85. The lowest BCUT2D eigenvalue weighted by Crippen LogP contribution is -2.24. The Bertz CT molecular complexity index is 3050. The molecule has 0 bridgehead atoms. The fraction of sp³-hybridized carbons (Fsp3) is 0.379. The summed E-state index contributed by atoms with van der Waals surface area (Å²) < 4.78 is 35.4. The quantitative estimate of drug-likeness (QED) is 0.0243. The Labute approximate surface area is 422 Å². The van der Waals surface area contributed by atoms with Crippen LogP contribution in [0.3, 0.4) is 0 Å². The Morgan fingerprint density at radius 3 is 1.64 bits per heavy atom. The number of hydrogen-bond donors (Lipinski definition) is 4. The van der Waals surface area contributed by atoms with Gasteiger partial charge in [0.25, 0.3) is 11.8 Å². The third kappa shape index (κ3) is 14.9. The first kappa shape index (κ1) is 54.2. The summed E-state index contributed by atoms with van der Waals surface area (Å²) in [7, 11) is 1.57. The number of rotatable bonds is 25. The molecular weight excluding hydrogens is 913 g/mol. The maximum Gasteiger partial charge on any atom is 0.360 e. The first-order valence-electron chi connectivity index (χ1n) is 24.7. The van der Waals surface area contributed by atoms with E-state index in [0.29, 0.717) is 105 Å². The van der Waals surface area contributed by atoms with Crippen molar-refractivity contribution in [2.45, 2.75) is 94.0 Å². The van der Waals surface area contributed by atoms with Gasteiger partial charge in [-0.3, -0.25) is 9.59 Å². The number of benzene rings is 4. The second kappa shape index (κ2) is 25.8. The van der Waals surface area contributed by atoms with Crippen molar-refractivity contribution < 1.29 is 37.4 Å². The SMILES string of the molecule is COc1ccc(C(=O)Nc2cc3ccc(OCCCNCC(C)C)c(C)c3oc2=O)cc1CC=C(C)COc1ccc(C(=O)Nc2cc3ccc(OCCCNC(C)C)c(C)c3oc2=O)cc1CC=C(C)C. The Hall–Kier alpha value is -7.16. The van der Waals surface area contributed by atoms with Crippen molar-refractivity contribution in [3.8, 4) is 23.0 Å². The molecule has 0 radical (unpaired) electrons. The van der Waals surface area contributed by atoms with Gasteiger partial charge in [0, 0.05) is 39.1 Å². The molecule has 4 N–H and O–H groups in total. The fourth-order valence-corrected chi connectivity index (χ4v) is 7.85. The zero-order chi connectivity index (χ0) is 51.9. The molecule has 72 heavy (non-hydrogen) atoms. The topological polar surface area (TPSA) is 180 Å². The predicted octanol–water partition coefficient (Wildman–Crippen LogP) is 10.9. The maximum atomic E-state index is 13.6. The van der Waals surface area contributed by atoms with Gasteiger partial charge in [0.15, 0.2) is 0 Å². The normalized spacial score (nSPS) is 11.6. The van der Waals surface area contributed by atoms with Crippen molar-refractivity contribution in [3.63, 3.8) is 0 Å². The molecule has 0 atom stereocenters. The average molecular weight is 983 g/mol. The minimum Gasteiger partial charge on any atom is -0.496 e. The molecule has 14 heteroatoms. The molecule has 14 nitrogen and oxygen atoms in total. The molecule has 2 amide bonds. The largest absolute Gasteiger partial charge is 0.496 e. The van der Waals surface area contributed by atoms with E-state index in [1.807, 2.05) is 65.0 Å². The van der Waals surface area contributed by atoms with Crippen LogP contribution in [-0.2, 0) is 12.8 Å². The number of carbonyl (C=O) groups excluding carboxylic acids is 2. The number of anilines is 2. The highest BCUT2D eigenvalue weighted by atomic mass is 16.5. The molecule has 0 saturated heterocycles. The molecule has 0 aliphatic rings. The number of hydrogen-bond acceptors (Lipinski definition) is 12. The van der Waals surface area contributed by atoms with E-state index in [2.05, 4.69) is 55.0 Å². The van der Waals surface area contributed by atoms with Crippen molar-refractivity contribution in [2.75, 3.05) is 57.2 Å². The lowest BCUT2D eigenvalue weighted by Gasteiger charge is -2.14. The molecule has 382 valence electrons. The zero-order valence-electron chi connectivity index (χ0n) is 43.4. The second-order valence-corrected chi connectivity index (χ2v) is 19.0. The lowest BCUT2D eigenvalue weighted by atomic mass is 10.0. The van der Waals surface area contributed by atoms with E-state index in [0.717, 1.165) is 54.7 Å². The molecule has 2 heterocycles. The Kier molecular flexibility index (Phi) is 19.4. The van der Waals surface area contributed by atoms with E-state index in [4.69, 9.17) is 27.8 Å². The van der Waals surface area contributed by atoms with Crippen LogP contribution in [0.5, 0.6) is 23.0 Å². The molecule has 0 fully saturated rings. The third-order valence-corrected chi connectivity index (χ3v) is 11.9. The van der Waals surface area contributed by atoms with Gasteiger partial charge in [0.05, 0.1) is 20.3 Å². The summed E-state index contributed by atoms with van der Waals surface area (Å²) in [6, 6.07) is 21.2. The number of carbonyl (C=O) groups is 2.